The molecule has 0 atom stereocenters. The number of rotatable bonds is 4. The summed E-state index contributed by atoms with van der Waals surface area (Å²) in [4.78, 5) is 19.1. The topological polar surface area (TPSA) is 45.2 Å². The molecule has 1 N–H and O–H groups in total. The number of carbonyl (C=O) groups is 1. The second kappa shape index (κ2) is 6.82. The quantitative estimate of drug-likeness (QED) is 0.943. The molecule has 23 heavy (non-hydrogen) atoms. The number of aryl methyl sites for hydroxylation is 2. The Balaban J connectivity index is 1.60. The smallest absolute Gasteiger partial charge is 0.251 e. The van der Waals surface area contributed by atoms with Crippen LogP contribution in [0.3, 0.4) is 0 Å². The Labute approximate surface area is 137 Å². The van der Waals surface area contributed by atoms with Gasteiger partial charge in [-0.1, -0.05) is 23.8 Å². The third-order valence-corrected chi connectivity index (χ3v) is 4.32. The molecule has 1 saturated heterocycles. The van der Waals surface area contributed by atoms with Crippen LogP contribution in [-0.2, 0) is 6.54 Å². The molecule has 4 heteroatoms. The SMILES string of the molecule is Cc1ccc(C(=O)NCc2ccc(N3CCCC3)nc2)c(C)c1. The summed E-state index contributed by atoms with van der Waals surface area (Å²) in [6.45, 7) is 6.68. The largest absolute Gasteiger partial charge is 0.357 e. The molecular weight excluding hydrogens is 286 g/mol. The van der Waals surface area contributed by atoms with E-state index >= 15 is 0 Å². The molecule has 1 amide bonds. The predicted molar refractivity (Wildman–Crippen MR) is 92.8 cm³/mol. The molecule has 0 bridgehead atoms. The van der Waals surface area contributed by atoms with Gasteiger partial charge in [-0.05, 0) is 49.9 Å². The maximum atomic E-state index is 12.3. The molecule has 120 valence electrons. The number of carbonyl (C=O) groups excluding carboxylic acids is 1. The van der Waals surface area contributed by atoms with Crippen LogP contribution in [0.15, 0.2) is 36.5 Å². The lowest BCUT2D eigenvalue weighted by atomic mass is 10.1. The van der Waals surface area contributed by atoms with Crippen LogP contribution < -0.4 is 10.2 Å². The van der Waals surface area contributed by atoms with Gasteiger partial charge in [0, 0.05) is 31.4 Å². The minimum absolute atomic E-state index is 0.0360. The van der Waals surface area contributed by atoms with E-state index < -0.39 is 0 Å². The fourth-order valence-electron chi connectivity index (χ4n) is 3.00. The lowest BCUT2D eigenvalue weighted by molar-refractivity contribution is 0.0950. The number of benzene rings is 1. The van der Waals surface area contributed by atoms with Crippen LogP contribution >= 0.6 is 0 Å². The zero-order valence-electron chi connectivity index (χ0n) is 13.8. The number of nitrogens with one attached hydrogen (secondary N) is 1. The van der Waals surface area contributed by atoms with Crippen molar-refractivity contribution in [1.82, 2.24) is 10.3 Å². The molecule has 0 spiro atoms. The van der Waals surface area contributed by atoms with Crippen molar-refractivity contribution in [2.75, 3.05) is 18.0 Å². The monoisotopic (exact) mass is 309 g/mol. The summed E-state index contributed by atoms with van der Waals surface area (Å²) in [6, 6.07) is 9.97. The van der Waals surface area contributed by atoms with Gasteiger partial charge in [0.25, 0.3) is 5.91 Å². The number of amides is 1. The summed E-state index contributed by atoms with van der Waals surface area (Å²) >= 11 is 0. The standard InChI is InChI=1S/C19H23N3O/c1-14-5-7-17(15(2)11-14)19(23)21-13-16-6-8-18(20-12-16)22-9-3-4-10-22/h5-8,11-12H,3-4,9-10,13H2,1-2H3,(H,21,23). The van der Waals surface area contributed by atoms with E-state index in [0.717, 1.165) is 35.6 Å². The summed E-state index contributed by atoms with van der Waals surface area (Å²) in [6.07, 6.45) is 4.35. The van der Waals surface area contributed by atoms with Gasteiger partial charge in [-0.3, -0.25) is 4.79 Å². The van der Waals surface area contributed by atoms with E-state index in [-0.39, 0.29) is 5.91 Å². The first-order valence-electron chi connectivity index (χ1n) is 8.19. The number of aromatic nitrogens is 1. The summed E-state index contributed by atoms with van der Waals surface area (Å²) in [5, 5.41) is 2.97. The minimum atomic E-state index is -0.0360. The molecule has 1 aromatic carbocycles. The molecule has 2 aromatic rings. The second-order valence-electron chi connectivity index (χ2n) is 6.22. The van der Waals surface area contributed by atoms with Crippen LogP contribution in [0.25, 0.3) is 0 Å². The van der Waals surface area contributed by atoms with Crippen molar-refractivity contribution in [2.24, 2.45) is 0 Å². The molecule has 0 unspecified atom stereocenters. The van der Waals surface area contributed by atoms with Crippen LogP contribution in [0, 0.1) is 13.8 Å². The van der Waals surface area contributed by atoms with Gasteiger partial charge in [-0.2, -0.15) is 0 Å². The van der Waals surface area contributed by atoms with Gasteiger partial charge >= 0.3 is 0 Å². The zero-order valence-corrected chi connectivity index (χ0v) is 13.8. The van der Waals surface area contributed by atoms with Crippen molar-refractivity contribution in [1.29, 1.82) is 0 Å². The fraction of sp³-hybridized carbons (Fsp3) is 0.368. The van der Waals surface area contributed by atoms with Crippen LogP contribution in [-0.4, -0.2) is 24.0 Å². The molecule has 4 nitrogen and oxygen atoms in total. The number of pyridine rings is 1. The highest BCUT2D eigenvalue weighted by molar-refractivity contribution is 5.95. The Bertz CT molecular complexity index is 688. The van der Waals surface area contributed by atoms with Gasteiger partial charge < -0.3 is 10.2 Å². The normalized spacial score (nSPS) is 14.1. The van der Waals surface area contributed by atoms with E-state index in [1.165, 1.54) is 18.4 Å². The van der Waals surface area contributed by atoms with Crippen molar-refractivity contribution in [2.45, 2.75) is 33.2 Å². The van der Waals surface area contributed by atoms with Gasteiger partial charge in [-0.15, -0.1) is 0 Å². The van der Waals surface area contributed by atoms with Gasteiger partial charge in [0.05, 0.1) is 0 Å². The van der Waals surface area contributed by atoms with E-state index in [1.54, 1.807) is 0 Å². The molecule has 0 radical (unpaired) electrons. The van der Waals surface area contributed by atoms with E-state index in [0.29, 0.717) is 6.54 Å². The first kappa shape index (κ1) is 15.5. The minimum Gasteiger partial charge on any atom is -0.357 e. The lowest BCUT2D eigenvalue weighted by Crippen LogP contribution is -2.24. The third-order valence-electron chi connectivity index (χ3n) is 4.32. The first-order valence-corrected chi connectivity index (χ1v) is 8.19. The molecule has 1 fully saturated rings. The molecule has 1 aliphatic heterocycles. The van der Waals surface area contributed by atoms with Crippen LogP contribution in [0.1, 0.15) is 39.9 Å². The van der Waals surface area contributed by atoms with Gasteiger partial charge in [0.2, 0.25) is 0 Å². The molecule has 0 saturated carbocycles. The first-order chi connectivity index (χ1) is 11.1. The number of hydrogen-bond donors (Lipinski definition) is 1. The van der Waals surface area contributed by atoms with Crippen LogP contribution in [0.5, 0.6) is 0 Å². The van der Waals surface area contributed by atoms with Crippen molar-refractivity contribution < 1.29 is 4.79 Å². The second-order valence-corrected chi connectivity index (χ2v) is 6.22. The van der Waals surface area contributed by atoms with Crippen molar-refractivity contribution in [3.63, 3.8) is 0 Å². The number of nitrogens with zero attached hydrogens (tertiary/aromatic N) is 2. The average Bonchev–Trinajstić information content (AvgIpc) is 3.07. The molecular formula is C19H23N3O. The maximum absolute atomic E-state index is 12.3. The number of hydrogen-bond acceptors (Lipinski definition) is 3. The highest BCUT2D eigenvalue weighted by Crippen LogP contribution is 2.17. The van der Waals surface area contributed by atoms with Gasteiger partial charge in [0.1, 0.15) is 5.82 Å². The van der Waals surface area contributed by atoms with Crippen molar-refractivity contribution in [3.8, 4) is 0 Å². The highest BCUT2D eigenvalue weighted by atomic mass is 16.1. The molecule has 1 aromatic heterocycles. The predicted octanol–water partition coefficient (Wildman–Crippen LogP) is 3.23. The number of anilines is 1. The van der Waals surface area contributed by atoms with Crippen molar-refractivity contribution >= 4 is 11.7 Å². The zero-order chi connectivity index (χ0) is 16.2. The van der Waals surface area contributed by atoms with E-state index in [1.807, 2.05) is 50.4 Å². The Kier molecular flexibility index (Phi) is 4.60. The third kappa shape index (κ3) is 3.70. The van der Waals surface area contributed by atoms with Crippen LogP contribution in [0.2, 0.25) is 0 Å². The Hall–Kier alpha value is -2.36. The molecule has 2 heterocycles. The van der Waals surface area contributed by atoms with Crippen molar-refractivity contribution in [3.05, 3.63) is 58.8 Å². The van der Waals surface area contributed by atoms with Gasteiger partial charge in [0.15, 0.2) is 0 Å². The fourth-order valence-corrected chi connectivity index (χ4v) is 3.00. The summed E-state index contributed by atoms with van der Waals surface area (Å²) in [5.74, 6) is 0.998. The van der Waals surface area contributed by atoms with Crippen LogP contribution in [0.4, 0.5) is 5.82 Å². The maximum Gasteiger partial charge on any atom is 0.251 e. The summed E-state index contributed by atoms with van der Waals surface area (Å²) < 4.78 is 0. The molecule has 0 aliphatic carbocycles. The summed E-state index contributed by atoms with van der Waals surface area (Å²) in [5.41, 5.74) is 3.93. The van der Waals surface area contributed by atoms with Gasteiger partial charge in [-0.25, -0.2) is 4.98 Å². The van der Waals surface area contributed by atoms with E-state index in [9.17, 15) is 4.79 Å². The molecule has 1 aliphatic rings. The van der Waals surface area contributed by atoms with E-state index in [4.69, 9.17) is 0 Å². The average molecular weight is 309 g/mol. The molecule has 3 rings (SSSR count). The lowest BCUT2D eigenvalue weighted by Gasteiger charge is -2.16. The Morgan fingerprint density at radius 1 is 1.17 bits per heavy atom. The summed E-state index contributed by atoms with van der Waals surface area (Å²) in [7, 11) is 0. The van der Waals surface area contributed by atoms with E-state index in [2.05, 4.69) is 15.2 Å². The Morgan fingerprint density at radius 3 is 2.61 bits per heavy atom. The highest BCUT2D eigenvalue weighted by Gasteiger charge is 2.13. The Morgan fingerprint density at radius 2 is 1.96 bits per heavy atom.